The number of rotatable bonds is 17. The minimum atomic E-state index is -1.21. The molecule has 9 N–H and O–H groups in total. The number of nitrogens with one attached hydrogen (secondary N) is 4. The lowest BCUT2D eigenvalue weighted by Crippen LogP contribution is -2.58. The minimum absolute atomic E-state index is 0.0633. The van der Waals surface area contributed by atoms with Gasteiger partial charge in [-0.2, -0.15) is 0 Å². The highest BCUT2D eigenvalue weighted by Crippen LogP contribution is 2.19. The highest BCUT2D eigenvalue weighted by Gasteiger charge is 2.32. The van der Waals surface area contributed by atoms with Gasteiger partial charge < -0.3 is 37.5 Å². The Labute approximate surface area is 236 Å². The van der Waals surface area contributed by atoms with Crippen LogP contribution >= 0.6 is 0 Å². The predicted octanol–water partition coefficient (Wildman–Crippen LogP) is 1.80. The number of aromatic amines is 1. The third-order valence-corrected chi connectivity index (χ3v) is 7.15. The van der Waals surface area contributed by atoms with Crippen LogP contribution in [-0.4, -0.2) is 64.5 Å². The summed E-state index contributed by atoms with van der Waals surface area (Å²) < 4.78 is 0. The molecule has 222 valence electrons. The lowest BCUT2D eigenvalue weighted by molar-refractivity contribution is -0.142. The van der Waals surface area contributed by atoms with E-state index in [2.05, 4.69) is 20.9 Å². The Morgan fingerprint density at radius 1 is 0.950 bits per heavy atom. The van der Waals surface area contributed by atoms with Gasteiger partial charge in [0.2, 0.25) is 17.7 Å². The van der Waals surface area contributed by atoms with Gasteiger partial charge in [-0.05, 0) is 55.7 Å². The van der Waals surface area contributed by atoms with Crippen LogP contribution in [0.5, 0.6) is 0 Å². The molecule has 11 nitrogen and oxygen atoms in total. The molecule has 0 aliphatic heterocycles. The lowest BCUT2D eigenvalue weighted by Gasteiger charge is -2.28. The van der Waals surface area contributed by atoms with E-state index >= 15 is 0 Å². The maximum absolute atomic E-state index is 13.4. The zero-order valence-electron chi connectivity index (χ0n) is 24.0. The van der Waals surface area contributed by atoms with Gasteiger partial charge in [0.1, 0.15) is 18.1 Å². The molecule has 0 bridgehead atoms. The molecule has 5 unspecified atom stereocenters. The van der Waals surface area contributed by atoms with Crippen LogP contribution in [0.1, 0.15) is 65.4 Å². The third kappa shape index (κ3) is 9.63. The van der Waals surface area contributed by atoms with Crippen molar-refractivity contribution in [3.05, 3.63) is 36.0 Å². The first-order valence-electron chi connectivity index (χ1n) is 14.1. The van der Waals surface area contributed by atoms with E-state index in [0.29, 0.717) is 32.2 Å². The Morgan fingerprint density at radius 2 is 1.62 bits per heavy atom. The van der Waals surface area contributed by atoms with Crippen LogP contribution in [0.3, 0.4) is 0 Å². The SMILES string of the molecule is CCC(C)C(NC(=O)C(N)CC(C)C)C(=O)NC(CCCCN)C(=O)NC(Cc1c[nH]c2ccccc12)C(=O)O. The minimum Gasteiger partial charge on any atom is -0.480 e. The van der Waals surface area contributed by atoms with Gasteiger partial charge in [-0.15, -0.1) is 0 Å². The maximum atomic E-state index is 13.4. The monoisotopic (exact) mass is 558 g/mol. The van der Waals surface area contributed by atoms with Gasteiger partial charge in [0.05, 0.1) is 6.04 Å². The summed E-state index contributed by atoms with van der Waals surface area (Å²) >= 11 is 0. The van der Waals surface area contributed by atoms with Crippen LogP contribution in [0.15, 0.2) is 30.5 Å². The smallest absolute Gasteiger partial charge is 0.326 e. The molecule has 0 aliphatic carbocycles. The van der Waals surface area contributed by atoms with Gasteiger partial charge in [-0.1, -0.05) is 52.3 Å². The number of amides is 3. The van der Waals surface area contributed by atoms with Crippen LogP contribution in [0.25, 0.3) is 10.9 Å². The van der Waals surface area contributed by atoms with E-state index in [4.69, 9.17) is 11.5 Å². The lowest BCUT2D eigenvalue weighted by atomic mass is 9.96. The number of carboxylic acids is 1. The number of aliphatic carboxylic acids is 1. The zero-order valence-corrected chi connectivity index (χ0v) is 24.0. The molecule has 0 saturated heterocycles. The number of carbonyl (C=O) groups excluding carboxylic acids is 3. The maximum Gasteiger partial charge on any atom is 0.326 e. The summed E-state index contributed by atoms with van der Waals surface area (Å²) in [5.41, 5.74) is 13.3. The van der Waals surface area contributed by atoms with E-state index in [0.717, 1.165) is 16.5 Å². The Bertz CT molecular complexity index is 1130. The third-order valence-electron chi connectivity index (χ3n) is 7.15. The number of aromatic nitrogens is 1. The summed E-state index contributed by atoms with van der Waals surface area (Å²) in [6.45, 7) is 8.07. The van der Waals surface area contributed by atoms with Gasteiger partial charge >= 0.3 is 5.97 Å². The van der Waals surface area contributed by atoms with Crippen molar-refractivity contribution in [2.45, 2.75) is 90.4 Å². The number of carboxylic acid groups (broad SMARTS) is 1. The van der Waals surface area contributed by atoms with Crippen molar-refractivity contribution < 1.29 is 24.3 Å². The standard InChI is InChI=1S/C29H46N6O5/c1-5-18(4)25(35-26(36)21(31)14-17(2)3)28(38)33-23(12-8-9-13-30)27(37)34-24(29(39)40)15-19-16-32-22-11-7-6-10-20(19)22/h6-7,10-11,16-18,21,23-25,32H,5,8-9,12-15,30-31H2,1-4H3,(H,33,38)(H,34,37)(H,35,36)(H,39,40). The van der Waals surface area contributed by atoms with E-state index in [1.165, 1.54) is 0 Å². The Hall–Kier alpha value is -3.44. The summed E-state index contributed by atoms with van der Waals surface area (Å²) in [6.07, 6.45) is 4.32. The molecule has 0 radical (unpaired) electrons. The van der Waals surface area contributed by atoms with Gasteiger partial charge in [-0.3, -0.25) is 14.4 Å². The molecule has 0 spiro atoms. The van der Waals surface area contributed by atoms with Crippen LogP contribution in [0.4, 0.5) is 0 Å². The topological polar surface area (TPSA) is 192 Å². The molecule has 2 aromatic rings. The molecular weight excluding hydrogens is 512 g/mol. The van der Waals surface area contributed by atoms with Crippen LogP contribution in [0, 0.1) is 11.8 Å². The number of carbonyl (C=O) groups is 4. The summed E-state index contributed by atoms with van der Waals surface area (Å²) in [5, 5.41) is 18.9. The Balaban J connectivity index is 2.19. The summed E-state index contributed by atoms with van der Waals surface area (Å²) in [7, 11) is 0. The molecular formula is C29H46N6O5. The van der Waals surface area contributed by atoms with E-state index in [9.17, 15) is 24.3 Å². The molecule has 3 amide bonds. The van der Waals surface area contributed by atoms with Crippen LogP contribution < -0.4 is 27.4 Å². The van der Waals surface area contributed by atoms with Gasteiger partial charge in [0.15, 0.2) is 0 Å². The number of benzene rings is 1. The fraction of sp³-hybridized carbons (Fsp3) is 0.586. The van der Waals surface area contributed by atoms with Crippen molar-refractivity contribution in [2.75, 3.05) is 6.54 Å². The fourth-order valence-electron chi connectivity index (χ4n) is 4.59. The van der Waals surface area contributed by atoms with Crippen molar-refractivity contribution in [1.82, 2.24) is 20.9 Å². The number of fused-ring (bicyclic) bond motifs is 1. The first-order valence-corrected chi connectivity index (χ1v) is 14.1. The van der Waals surface area contributed by atoms with E-state index < -0.39 is 47.9 Å². The van der Waals surface area contributed by atoms with Gasteiger partial charge in [0, 0.05) is 23.5 Å². The zero-order chi connectivity index (χ0) is 29.8. The van der Waals surface area contributed by atoms with Crippen molar-refractivity contribution >= 4 is 34.6 Å². The van der Waals surface area contributed by atoms with Crippen LogP contribution in [-0.2, 0) is 25.6 Å². The molecule has 40 heavy (non-hydrogen) atoms. The van der Waals surface area contributed by atoms with Crippen molar-refractivity contribution in [3.8, 4) is 0 Å². The van der Waals surface area contributed by atoms with E-state index in [1.54, 1.807) is 6.20 Å². The fourth-order valence-corrected chi connectivity index (χ4v) is 4.59. The largest absolute Gasteiger partial charge is 0.480 e. The molecule has 0 aliphatic rings. The van der Waals surface area contributed by atoms with Crippen molar-refractivity contribution in [3.63, 3.8) is 0 Å². The first-order chi connectivity index (χ1) is 19.0. The average Bonchev–Trinajstić information content (AvgIpc) is 3.32. The highest BCUT2D eigenvalue weighted by atomic mass is 16.4. The van der Waals surface area contributed by atoms with Gasteiger partial charge in [0.25, 0.3) is 0 Å². The second kappa shape index (κ2) is 16.0. The summed E-state index contributed by atoms with van der Waals surface area (Å²) in [6, 6.07) is 3.63. The first kappa shape index (κ1) is 32.8. The number of hydrogen-bond donors (Lipinski definition) is 7. The van der Waals surface area contributed by atoms with Gasteiger partial charge in [-0.25, -0.2) is 4.79 Å². The Kier molecular flexibility index (Phi) is 13.1. The summed E-state index contributed by atoms with van der Waals surface area (Å²) in [5.74, 6) is -2.76. The molecule has 5 atom stereocenters. The predicted molar refractivity (Wildman–Crippen MR) is 155 cm³/mol. The van der Waals surface area contributed by atoms with E-state index in [-0.39, 0.29) is 24.7 Å². The molecule has 0 saturated carbocycles. The molecule has 0 fully saturated rings. The van der Waals surface area contributed by atoms with Crippen LogP contribution in [0.2, 0.25) is 0 Å². The normalized spacial score (nSPS) is 15.2. The summed E-state index contributed by atoms with van der Waals surface area (Å²) in [4.78, 5) is 54.7. The highest BCUT2D eigenvalue weighted by molar-refractivity contribution is 5.94. The number of para-hydroxylation sites is 1. The molecule has 1 heterocycles. The molecule has 1 aromatic heterocycles. The molecule has 11 heteroatoms. The van der Waals surface area contributed by atoms with Crippen molar-refractivity contribution in [1.29, 1.82) is 0 Å². The number of hydrogen-bond acceptors (Lipinski definition) is 6. The number of unbranched alkanes of at least 4 members (excludes halogenated alkanes) is 1. The number of nitrogens with two attached hydrogens (primary N) is 2. The van der Waals surface area contributed by atoms with Crippen molar-refractivity contribution in [2.24, 2.45) is 23.3 Å². The second-order valence-electron chi connectivity index (χ2n) is 10.9. The second-order valence-corrected chi connectivity index (χ2v) is 10.9. The Morgan fingerprint density at radius 3 is 2.25 bits per heavy atom. The molecule has 2 rings (SSSR count). The average molecular weight is 559 g/mol. The van der Waals surface area contributed by atoms with E-state index in [1.807, 2.05) is 52.0 Å². The quantitative estimate of drug-likeness (QED) is 0.144. The number of H-pyrrole nitrogens is 1. The molecule has 1 aromatic carbocycles.